The Morgan fingerprint density at radius 3 is 2.33 bits per heavy atom. The number of pyridine rings is 1. The molecule has 2 aromatic heterocycles. The molecule has 3 heterocycles. The SMILES string of the molecule is CC1(C)OB(c2ccc3ncc(C(F)F)n3c2)OC1(C)C. The van der Waals surface area contributed by atoms with Crippen LogP contribution in [0, 0.1) is 0 Å². The van der Waals surface area contributed by atoms with E-state index in [0.29, 0.717) is 11.1 Å². The van der Waals surface area contributed by atoms with Gasteiger partial charge in [-0.2, -0.15) is 0 Å². The lowest BCUT2D eigenvalue weighted by atomic mass is 9.80. The van der Waals surface area contributed by atoms with E-state index in [4.69, 9.17) is 9.31 Å². The molecule has 1 aliphatic rings. The number of rotatable bonds is 2. The minimum absolute atomic E-state index is 0.136. The van der Waals surface area contributed by atoms with Gasteiger partial charge in [-0.1, -0.05) is 6.07 Å². The molecule has 0 unspecified atom stereocenters. The normalized spacial score (nSPS) is 20.6. The van der Waals surface area contributed by atoms with Gasteiger partial charge in [0, 0.05) is 6.20 Å². The van der Waals surface area contributed by atoms with E-state index < -0.39 is 24.7 Å². The smallest absolute Gasteiger partial charge is 0.399 e. The van der Waals surface area contributed by atoms with Gasteiger partial charge in [-0.05, 0) is 39.2 Å². The van der Waals surface area contributed by atoms with Crippen LogP contribution in [0.25, 0.3) is 5.65 Å². The van der Waals surface area contributed by atoms with Crippen molar-refractivity contribution in [3.63, 3.8) is 0 Å². The molecule has 1 saturated heterocycles. The highest BCUT2D eigenvalue weighted by atomic mass is 19.3. The fourth-order valence-electron chi connectivity index (χ4n) is 2.30. The Bertz CT molecular complexity index is 669. The summed E-state index contributed by atoms with van der Waals surface area (Å²) in [4.78, 5) is 3.97. The Kier molecular flexibility index (Phi) is 3.11. The van der Waals surface area contributed by atoms with Crippen LogP contribution in [0.4, 0.5) is 8.78 Å². The number of alkyl halides is 2. The van der Waals surface area contributed by atoms with E-state index >= 15 is 0 Å². The molecule has 0 aliphatic carbocycles. The predicted molar refractivity (Wildman–Crippen MR) is 75.9 cm³/mol. The Hall–Kier alpha value is -1.47. The highest BCUT2D eigenvalue weighted by molar-refractivity contribution is 6.62. The van der Waals surface area contributed by atoms with Crippen LogP contribution in [-0.4, -0.2) is 27.7 Å². The summed E-state index contributed by atoms with van der Waals surface area (Å²) in [5.74, 6) is 0. The zero-order valence-electron chi connectivity index (χ0n) is 12.4. The van der Waals surface area contributed by atoms with Crippen molar-refractivity contribution >= 4 is 18.2 Å². The molecular formula is C14H17BF2N2O2. The quantitative estimate of drug-likeness (QED) is 0.799. The summed E-state index contributed by atoms with van der Waals surface area (Å²) in [7, 11) is -0.577. The van der Waals surface area contributed by atoms with Gasteiger partial charge in [-0.3, -0.25) is 4.40 Å². The van der Waals surface area contributed by atoms with Gasteiger partial charge in [0.2, 0.25) is 0 Å². The standard InChI is InChI=1S/C14H17BF2N2O2/c1-13(2)14(3,4)21-15(20-13)9-5-6-11-18-7-10(12(16)17)19(11)8-9/h5-8,12H,1-4H3. The number of nitrogens with zero attached hydrogens (tertiary/aromatic N) is 2. The largest absolute Gasteiger partial charge is 0.496 e. The average molecular weight is 294 g/mol. The maximum Gasteiger partial charge on any atom is 0.496 e. The molecule has 0 spiro atoms. The molecule has 1 aliphatic heterocycles. The molecule has 0 radical (unpaired) electrons. The van der Waals surface area contributed by atoms with Crippen molar-refractivity contribution in [1.82, 2.24) is 9.38 Å². The minimum atomic E-state index is -2.58. The van der Waals surface area contributed by atoms with Crippen LogP contribution in [0.5, 0.6) is 0 Å². The first-order valence-corrected chi connectivity index (χ1v) is 6.82. The molecule has 7 heteroatoms. The van der Waals surface area contributed by atoms with Gasteiger partial charge in [0.05, 0.1) is 17.4 Å². The van der Waals surface area contributed by atoms with Crippen LogP contribution in [0.15, 0.2) is 24.5 Å². The number of aromatic nitrogens is 2. The predicted octanol–water partition coefficient (Wildman–Crippen LogP) is 2.57. The van der Waals surface area contributed by atoms with E-state index in [9.17, 15) is 8.78 Å². The monoisotopic (exact) mass is 294 g/mol. The molecule has 3 rings (SSSR count). The maximum absolute atomic E-state index is 13.0. The van der Waals surface area contributed by atoms with Crippen molar-refractivity contribution in [3.8, 4) is 0 Å². The van der Waals surface area contributed by atoms with E-state index in [2.05, 4.69) is 4.98 Å². The van der Waals surface area contributed by atoms with Gasteiger partial charge in [0.25, 0.3) is 6.43 Å². The third-order valence-corrected chi connectivity index (χ3v) is 4.31. The fourth-order valence-corrected chi connectivity index (χ4v) is 2.30. The number of hydrogen-bond donors (Lipinski definition) is 0. The fraction of sp³-hybridized carbons (Fsp3) is 0.500. The molecule has 112 valence electrons. The van der Waals surface area contributed by atoms with E-state index in [1.807, 2.05) is 27.7 Å². The van der Waals surface area contributed by atoms with E-state index in [0.717, 1.165) is 0 Å². The van der Waals surface area contributed by atoms with Crippen LogP contribution < -0.4 is 5.46 Å². The summed E-state index contributed by atoms with van der Waals surface area (Å²) in [6.45, 7) is 7.81. The van der Waals surface area contributed by atoms with Gasteiger partial charge in [0.1, 0.15) is 11.3 Å². The summed E-state index contributed by atoms with van der Waals surface area (Å²) in [5.41, 5.74) is 0.107. The lowest BCUT2D eigenvalue weighted by molar-refractivity contribution is 0.00578. The van der Waals surface area contributed by atoms with Crippen molar-refractivity contribution < 1.29 is 18.1 Å². The van der Waals surface area contributed by atoms with Crippen molar-refractivity contribution in [2.75, 3.05) is 0 Å². The van der Waals surface area contributed by atoms with E-state index in [-0.39, 0.29) is 5.69 Å². The highest BCUT2D eigenvalue weighted by Gasteiger charge is 2.51. The van der Waals surface area contributed by atoms with Gasteiger partial charge in [-0.25, -0.2) is 13.8 Å². The second-order valence-electron chi connectivity index (χ2n) is 6.26. The van der Waals surface area contributed by atoms with Gasteiger partial charge in [-0.15, -0.1) is 0 Å². The Morgan fingerprint density at radius 2 is 1.76 bits per heavy atom. The second kappa shape index (κ2) is 4.51. The van der Waals surface area contributed by atoms with Crippen molar-refractivity contribution in [1.29, 1.82) is 0 Å². The van der Waals surface area contributed by atoms with E-state index in [1.165, 1.54) is 10.6 Å². The maximum atomic E-state index is 13.0. The molecule has 2 aromatic rings. The third-order valence-electron chi connectivity index (χ3n) is 4.31. The number of fused-ring (bicyclic) bond motifs is 1. The number of hydrogen-bond acceptors (Lipinski definition) is 3. The van der Waals surface area contributed by atoms with Crippen LogP contribution in [0.3, 0.4) is 0 Å². The third kappa shape index (κ3) is 2.24. The Balaban J connectivity index is 2.01. The molecule has 0 atom stereocenters. The molecule has 0 saturated carbocycles. The summed E-state index contributed by atoms with van der Waals surface area (Å²) >= 11 is 0. The van der Waals surface area contributed by atoms with Crippen LogP contribution in [0.1, 0.15) is 39.8 Å². The number of halogens is 2. The molecule has 21 heavy (non-hydrogen) atoms. The molecule has 4 nitrogen and oxygen atoms in total. The molecule has 0 N–H and O–H groups in total. The zero-order chi connectivity index (χ0) is 15.4. The summed E-state index contributed by atoms with van der Waals surface area (Å²) in [6, 6.07) is 3.48. The van der Waals surface area contributed by atoms with Crippen molar-refractivity contribution in [3.05, 3.63) is 30.2 Å². The topological polar surface area (TPSA) is 35.8 Å². The second-order valence-corrected chi connectivity index (χ2v) is 6.26. The molecular weight excluding hydrogens is 277 g/mol. The molecule has 1 fully saturated rings. The summed E-state index contributed by atoms with van der Waals surface area (Å²) in [5, 5.41) is 0. The van der Waals surface area contributed by atoms with Crippen LogP contribution in [0.2, 0.25) is 0 Å². The summed E-state index contributed by atoms with van der Waals surface area (Å²) < 4.78 is 39.2. The molecule has 0 aromatic carbocycles. The highest BCUT2D eigenvalue weighted by Crippen LogP contribution is 2.36. The van der Waals surface area contributed by atoms with Crippen molar-refractivity contribution in [2.45, 2.75) is 45.3 Å². The first-order chi connectivity index (χ1) is 9.71. The first kappa shape index (κ1) is 14.5. The lowest BCUT2D eigenvalue weighted by Crippen LogP contribution is -2.41. The Morgan fingerprint density at radius 1 is 1.14 bits per heavy atom. The lowest BCUT2D eigenvalue weighted by Gasteiger charge is -2.32. The van der Waals surface area contributed by atoms with Gasteiger partial charge >= 0.3 is 7.12 Å². The minimum Gasteiger partial charge on any atom is -0.399 e. The summed E-state index contributed by atoms with van der Waals surface area (Å²) in [6.07, 6.45) is 0.216. The Labute approximate surface area is 122 Å². The van der Waals surface area contributed by atoms with Crippen LogP contribution in [-0.2, 0) is 9.31 Å². The molecule has 0 amide bonds. The average Bonchev–Trinajstić information content (AvgIpc) is 2.87. The molecule has 0 bridgehead atoms. The van der Waals surface area contributed by atoms with E-state index in [1.54, 1.807) is 18.3 Å². The van der Waals surface area contributed by atoms with Gasteiger partial charge in [0.15, 0.2) is 0 Å². The van der Waals surface area contributed by atoms with Crippen LogP contribution >= 0.6 is 0 Å². The van der Waals surface area contributed by atoms with Gasteiger partial charge < -0.3 is 9.31 Å². The number of imidazole rings is 1. The first-order valence-electron chi connectivity index (χ1n) is 6.82. The zero-order valence-corrected chi connectivity index (χ0v) is 12.4. The van der Waals surface area contributed by atoms with Crippen molar-refractivity contribution in [2.24, 2.45) is 0 Å².